The highest BCUT2D eigenvalue weighted by Gasteiger charge is 2.51. The third-order valence-corrected chi connectivity index (χ3v) is 7.66. The average molecular weight is 382 g/mol. The molecule has 0 radical (unpaired) electrons. The second-order valence-corrected chi connectivity index (χ2v) is 9.35. The van der Waals surface area contributed by atoms with Crippen molar-refractivity contribution in [2.45, 2.75) is 83.5 Å². The third kappa shape index (κ3) is 3.25. The van der Waals surface area contributed by atoms with Crippen molar-refractivity contribution in [2.24, 2.45) is 12.5 Å². The molecule has 152 valence electrons. The Balaban J connectivity index is 1.58. The minimum atomic E-state index is 0.227. The number of unbranched alkanes of at least 4 members (excludes halogenated alkanes) is 2. The monoisotopic (exact) mass is 381 g/mol. The van der Waals surface area contributed by atoms with E-state index in [1.165, 1.54) is 75.6 Å². The molecule has 2 bridgehead atoms. The van der Waals surface area contributed by atoms with Crippen LogP contribution in [-0.4, -0.2) is 21.9 Å². The molecule has 0 amide bonds. The van der Waals surface area contributed by atoms with Crippen LogP contribution in [0.25, 0.3) is 11.4 Å². The van der Waals surface area contributed by atoms with Crippen LogP contribution in [0.15, 0.2) is 18.2 Å². The number of rotatable bonds is 7. The van der Waals surface area contributed by atoms with Crippen molar-refractivity contribution < 1.29 is 4.74 Å². The van der Waals surface area contributed by atoms with Gasteiger partial charge >= 0.3 is 0 Å². The van der Waals surface area contributed by atoms with Crippen LogP contribution >= 0.6 is 0 Å². The van der Waals surface area contributed by atoms with E-state index in [0.717, 1.165) is 17.1 Å². The highest BCUT2D eigenvalue weighted by atomic mass is 16.5. The Hall–Kier alpha value is -1.84. The van der Waals surface area contributed by atoms with E-state index in [4.69, 9.17) is 9.84 Å². The maximum atomic E-state index is 5.63. The summed E-state index contributed by atoms with van der Waals surface area (Å²) in [4.78, 5) is 0. The first kappa shape index (κ1) is 19.5. The predicted molar refractivity (Wildman–Crippen MR) is 114 cm³/mol. The van der Waals surface area contributed by atoms with Gasteiger partial charge < -0.3 is 9.30 Å². The summed E-state index contributed by atoms with van der Waals surface area (Å²) in [5, 5.41) is 9.36. The molecule has 0 atom stereocenters. The normalized spacial score (nSPS) is 26.6. The lowest BCUT2D eigenvalue weighted by Crippen LogP contribution is -2.45. The Kier molecular flexibility index (Phi) is 5.24. The van der Waals surface area contributed by atoms with Crippen LogP contribution in [0.1, 0.15) is 82.5 Å². The number of hydrogen-bond donors (Lipinski definition) is 0. The number of aryl methyl sites for hydroxylation is 1. The molecule has 1 aromatic heterocycles. The van der Waals surface area contributed by atoms with E-state index in [0.29, 0.717) is 5.41 Å². The first-order valence-electron chi connectivity index (χ1n) is 11.1. The van der Waals surface area contributed by atoms with E-state index in [9.17, 15) is 0 Å². The SMILES string of the molecule is CCCCCC12CCC(c3nnc(-c4ccc(C)cc4OC)n3C)(CC1)CC2. The Morgan fingerprint density at radius 3 is 2.39 bits per heavy atom. The molecule has 0 unspecified atom stereocenters. The van der Waals surface area contributed by atoms with E-state index < -0.39 is 0 Å². The minimum absolute atomic E-state index is 0.227. The lowest BCUT2D eigenvalue weighted by atomic mass is 9.52. The number of hydrogen-bond acceptors (Lipinski definition) is 3. The van der Waals surface area contributed by atoms with E-state index in [1.807, 2.05) is 0 Å². The molecule has 0 N–H and O–H groups in total. The fraction of sp³-hybridized carbons (Fsp3) is 0.667. The van der Waals surface area contributed by atoms with Crippen LogP contribution in [0.5, 0.6) is 5.75 Å². The molecule has 5 rings (SSSR count). The summed E-state index contributed by atoms with van der Waals surface area (Å²) in [5.74, 6) is 2.99. The number of fused-ring (bicyclic) bond motifs is 3. The number of nitrogens with zero attached hydrogens (tertiary/aromatic N) is 3. The molecule has 3 fully saturated rings. The van der Waals surface area contributed by atoms with Crippen molar-refractivity contribution in [3.8, 4) is 17.1 Å². The van der Waals surface area contributed by atoms with Crippen molar-refractivity contribution in [2.75, 3.05) is 7.11 Å². The summed E-state index contributed by atoms with van der Waals surface area (Å²) in [6.45, 7) is 4.39. The van der Waals surface area contributed by atoms with Crippen LogP contribution in [0.2, 0.25) is 0 Å². The van der Waals surface area contributed by atoms with Gasteiger partial charge in [0.05, 0.1) is 12.7 Å². The van der Waals surface area contributed by atoms with Crippen LogP contribution in [-0.2, 0) is 12.5 Å². The molecule has 1 aromatic carbocycles. The largest absolute Gasteiger partial charge is 0.496 e. The minimum Gasteiger partial charge on any atom is -0.496 e. The zero-order valence-corrected chi connectivity index (χ0v) is 18.1. The Morgan fingerprint density at radius 1 is 1.04 bits per heavy atom. The van der Waals surface area contributed by atoms with Crippen LogP contribution < -0.4 is 4.74 Å². The zero-order valence-electron chi connectivity index (χ0n) is 18.1. The molecular weight excluding hydrogens is 346 g/mol. The quantitative estimate of drug-likeness (QED) is 0.555. The van der Waals surface area contributed by atoms with Gasteiger partial charge in [0.15, 0.2) is 5.82 Å². The van der Waals surface area contributed by atoms with Gasteiger partial charge in [0, 0.05) is 12.5 Å². The maximum absolute atomic E-state index is 5.63. The summed E-state index contributed by atoms with van der Waals surface area (Å²) in [6.07, 6.45) is 13.5. The van der Waals surface area contributed by atoms with Crippen molar-refractivity contribution in [1.29, 1.82) is 0 Å². The topological polar surface area (TPSA) is 39.9 Å². The van der Waals surface area contributed by atoms with Crippen molar-refractivity contribution in [3.05, 3.63) is 29.6 Å². The molecule has 0 aliphatic heterocycles. The molecule has 4 heteroatoms. The number of ether oxygens (including phenoxy) is 1. The molecule has 4 nitrogen and oxygen atoms in total. The second kappa shape index (κ2) is 7.53. The molecular formula is C24H35N3O. The van der Waals surface area contributed by atoms with Gasteiger partial charge in [-0.25, -0.2) is 0 Å². The van der Waals surface area contributed by atoms with Gasteiger partial charge in [-0.15, -0.1) is 10.2 Å². The molecule has 3 saturated carbocycles. The lowest BCUT2D eigenvalue weighted by molar-refractivity contribution is 0.0250. The smallest absolute Gasteiger partial charge is 0.167 e. The first-order chi connectivity index (χ1) is 13.5. The maximum Gasteiger partial charge on any atom is 0.167 e. The Bertz CT molecular complexity index is 814. The van der Waals surface area contributed by atoms with E-state index in [1.54, 1.807) is 7.11 Å². The van der Waals surface area contributed by atoms with Gasteiger partial charge in [-0.3, -0.25) is 0 Å². The molecule has 3 aliphatic carbocycles. The third-order valence-electron chi connectivity index (χ3n) is 7.66. The lowest BCUT2D eigenvalue weighted by Gasteiger charge is -2.53. The molecule has 1 heterocycles. The van der Waals surface area contributed by atoms with Crippen LogP contribution in [0.4, 0.5) is 0 Å². The molecule has 0 spiro atoms. The van der Waals surface area contributed by atoms with Crippen LogP contribution in [0.3, 0.4) is 0 Å². The fourth-order valence-corrected chi connectivity index (χ4v) is 5.73. The average Bonchev–Trinajstić information content (AvgIpc) is 3.11. The predicted octanol–water partition coefficient (Wildman–Crippen LogP) is 5.97. The Morgan fingerprint density at radius 2 is 1.75 bits per heavy atom. The van der Waals surface area contributed by atoms with Gasteiger partial charge in [-0.2, -0.15) is 0 Å². The molecule has 2 aromatic rings. The highest BCUT2D eigenvalue weighted by Crippen LogP contribution is 2.59. The number of benzene rings is 1. The van der Waals surface area contributed by atoms with E-state index in [2.05, 4.69) is 48.8 Å². The highest BCUT2D eigenvalue weighted by molar-refractivity contribution is 5.65. The Labute approximate surface area is 169 Å². The van der Waals surface area contributed by atoms with Crippen LogP contribution in [0, 0.1) is 12.3 Å². The van der Waals surface area contributed by atoms with Crippen molar-refractivity contribution in [3.63, 3.8) is 0 Å². The van der Waals surface area contributed by atoms with Crippen molar-refractivity contribution in [1.82, 2.24) is 14.8 Å². The second-order valence-electron chi connectivity index (χ2n) is 9.35. The standard InChI is InChI=1S/C24H35N3O/c1-5-6-7-10-23-11-14-24(15-12-23,16-13-23)22-26-25-21(27(22)3)19-9-8-18(2)17-20(19)28-4/h8-9,17H,5-7,10-16H2,1-4H3. The van der Waals surface area contributed by atoms with Gasteiger partial charge in [-0.1, -0.05) is 32.3 Å². The van der Waals surface area contributed by atoms with E-state index >= 15 is 0 Å². The van der Waals surface area contributed by atoms with Gasteiger partial charge in [0.2, 0.25) is 0 Å². The van der Waals surface area contributed by atoms with Gasteiger partial charge in [0.25, 0.3) is 0 Å². The fourth-order valence-electron chi connectivity index (χ4n) is 5.73. The molecule has 0 saturated heterocycles. The van der Waals surface area contributed by atoms with Crippen molar-refractivity contribution >= 4 is 0 Å². The summed E-state index contributed by atoms with van der Waals surface area (Å²) in [7, 11) is 3.87. The van der Waals surface area contributed by atoms with Gasteiger partial charge in [-0.05, 0) is 75.0 Å². The number of aromatic nitrogens is 3. The number of methoxy groups -OCH3 is 1. The molecule has 28 heavy (non-hydrogen) atoms. The summed E-state index contributed by atoms with van der Waals surface area (Å²) in [5.41, 5.74) is 3.08. The summed E-state index contributed by atoms with van der Waals surface area (Å²) < 4.78 is 7.87. The van der Waals surface area contributed by atoms with E-state index in [-0.39, 0.29) is 5.41 Å². The zero-order chi connectivity index (χ0) is 19.8. The summed E-state index contributed by atoms with van der Waals surface area (Å²) in [6, 6.07) is 6.31. The first-order valence-corrected chi connectivity index (χ1v) is 11.1. The summed E-state index contributed by atoms with van der Waals surface area (Å²) >= 11 is 0. The molecule has 3 aliphatic rings. The van der Waals surface area contributed by atoms with Gasteiger partial charge in [0.1, 0.15) is 11.6 Å².